The predicted octanol–water partition coefficient (Wildman–Crippen LogP) is 2.86. The molecule has 0 atom stereocenters. The Hall–Kier alpha value is -3.50. The first kappa shape index (κ1) is 24.1. The van der Waals surface area contributed by atoms with Crippen LogP contribution in [0.4, 0.5) is 5.69 Å². The Kier molecular flexibility index (Phi) is 7.29. The first-order valence-electron chi connectivity index (χ1n) is 10.2. The van der Waals surface area contributed by atoms with E-state index in [1.807, 2.05) is 60.4 Å². The Morgan fingerprint density at radius 1 is 1.21 bits per heavy atom. The van der Waals surface area contributed by atoms with Crippen LogP contribution in [-0.2, 0) is 19.7 Å². The van der Waals surface area contributed by atoms with Gasteiger partial charge in [-0.1, -0.05) is 35.9 Å². The van der Waals surface area contributed by atoms with Crippen molar-refractivity contribution in [1.82, 2.24) is 5.01 Å². The van der Waals surface area contributed by atoms with E-state index in [4.69, 9.17) is 9.66 Å². The topological polar surface area (TPSA) is 128 Å². The van der Waals surface area contributed by atoms with Crippen LogP contribution in [0.15, 0.2) is 70.5 Å². The van der Waals surface area contributed by atoms with E-state index in [0.717, 1.165) is 27.5 Å². The van der Waals surface area contributed by atoms with E-state index < -0.39 is 28.5 Å². The number of benzene rings is 1. The number of carboxylic acid groups (broad SMARTS) is 1. The summed E-state index contributed by atoms with van der Waals surface area (Å²) in [6, 6.07) is 7.71. The molecule has 1 aromatic carbocycles. The molecule has 0 unspecified atom stereocenters. The number of carbonyl (C=O) groups is 2. The van der Waals surface area contributed by atoms with E-state index in [1.165, 1.54) is 0 Å². The van der Waals surface area contributed by atoms with E-state index >= 15 is 0 Å². The van der Waals surface area contributed by atoms with Crippen LogP contribution in [0, 0.1) is 0 Å². The Balaban J connectivity index is 1.84. The number of hydrogen-bond acceptors (Lipinski definition) is 6. The van der Waals surface area contributed by atoms with E-state index in [1.54, 1.807) is 13.0 Å². The summed E-state index contributed by atoms with van der Waals surface area (Å²) in [6.45, 7) is 3.35. The number of anilines is 1. The van der Waals surface area contributed by atoms with E-state index in [0.29, 0.717) is 17.8 Å². The minimum absolute atomic E-state index is 0.245. The van der Waals surface area contributed by atoms with E-state index in [-0.39, 0.29) is 12.2 Å². The van der Waals surface area contributed by atoms with Crippen molar-refractivity contribution >= 4 is 39.5 Å². The average Bonchev–Trinajstić information content (AvgIpc) is 2.98. The van der Waals surface area contributed by atoms with Gasteiger partial charge in [0.05, 0.1) is 17.0 Å². The van der Waals surface area contributed by atoms with Gasteiger partial charge in [-0.25, -0.2) is 5.01 Å². The van der Waals surface area contributed by atoms with Gasteiger partial charge in [0.15, 0.2) is 0 Å². The van der Waals surface area contributed by atoms with Crippen LogP contribution in [0.25, 0.3) is 6.08 Å². The summed E-state index contributed by atoms with van der Waals surface area (Å²) in [5, 5.41) is 13.8. The number of aliphatic carboxylic acids is 1. The summed E-state index contributed by atoms with van der Waals surface area (Å²) in [5.74, 6) is -1.94. The fourth-order valence-corrected chi connectivity index (χ4v) is 4.04. The molecule has 0 saturated carbocycles. The van der Waals surface area contributed by atoms with Gasteiger partial charge < -0.3 is 10.0 Å². The van der Waals surface area contributed by atoms with Crippen molar-refractivity contribution < 1.29 is 27.7 Å². The number of amides is 1. The number of hydrogen-bond donors (Lipinski definition) is 2. The maximum absolute atomic E-state index is 12.4. The van der Waals surface area contributed by atoms with Gasteiger partial charge in [0.2, 0.25) is 0 Å². The maximum Gasteiger partial charge on any atom is 0.325 e. The van der Waals surface area contributed by atoms with Crippen molar-refractivity contribution in [3.05, 3.63) is 71.0 Å². The fourth-order valence-electron chi connectivity index (χ4n) is 3.55. The van der Waals surface area contributed by atoms with E-state index in [2.05, 4.69) is 5.10 Å². The zero-order chi connectivity index (χ0) is 24.2. The van der Waals surface area contributed by atoms with Gasteiger partial charge in [-0.05, 0) is 50.1 Å². The first-order chi connectivity index (χ1) is 15.5. The van der Waals surface area contributed by atoms with Gasteiger partial charge >= 0.3 is 5.97 Å². The standard InChI is InChI=1S/C23H25N3O6S/c1-16(14-20-17(2)24-26(23(20)29)15-22(27)28)8-10-19-11-9-18-6-3-4-7-21(18)25(19)12-5-13-33(30,31)32/h3-4,6-11,14H,5,12-13,15H2,1-2H3,(H,27,28)(H,30,31,32)/b16-8-,19-10-,20-14-. The lowest BCUT2D eigenvalue weighted by molar-refractivity contribution is -0.142. The van der Waals surface area contributed by atoms with Crippen LogP contribution in [0.3, 0.4) is 0 Å². The molecule has 2 aliphatic rings. The molecule has 1 amide bonds. The van der Waals surface area contributed by atoms with Crippen LogP contribution < -0.4 is 4.90 Å². The third kappa shape index (κ3) is 6.27. The molecule has 3 rings (SSSR count). The molecule has 33 heavy (non-hydrogen) atoms. The maximum atomic E-state index is 12.4. The summed E-state index contributed by atoms with van der Waals surface area (Å²) in [4.78, 5) is 25.3. The number of para-hydroxylation sites is 1. The second-order valence-electron chi connectivity index (χ2n) is 7.69. The summed E-state index contributed by atoms with van der Waals surface area (Å²) in [6.07, 6.45) is 9.44. The zero-order valence-corrected chi connectivity index (χ0v) is 19.1. The van der Waals surface area contributed by atoms with Gasteiger partial charge in [-0.3, -0.25) is 14.1 Å². The first-order valence-corrected chi connectivity index (χ1v) is 11.9. The zero-order valence-electron chi connectivity index (χ0n) is 18.3. The molecule has 2 heterocycles. The Morgan fingerprint density at radius 3 is 2.64 bits per heavy atom. The molecule has 10 heteroatoms. The number of fused-ring (bicyclic) bond motifs is 1. The largest absolute Gasteiger partial charge is 0.480 e. The Morgan fingerprint density at radius 2 is 1.94 bits per heavy atom. The predicted molar refractivity (Wildman–Crippen MR) is 126 cm³/mol. The van der Waals surface area contributed by atoms with Crippen molar-refractivity contribution in [2.75, 3.05) is 23.7 Å². The van der Waals surface area contributed by atoms with Gasteiger partial charge in [-0.2, -0.15) is 13.5 Å². The highest BCUT2D eigenvalue weighted by Crippen LogP contribution is 2.31. The lowest BCUT2D eigenvalue weighted by Gasteiger charge is -2.30. The molecule has 1 aromatic rings. The second kappa shape index (κ2) is 9.97. The van der Waals surface area contributed by atoms with Gasteiger partial charge in [0.25, 0.3) is 16.0 Å². The van der Waals surface area contributed by atoms with Crippen molar-refractivity contribution in [3.63, 3.8) is 0 Å². The Bertz CT molecular complexity index is 1220. The average molecular weight is 472 g/mol. The quantitative estimate of drug-likeness (QED) is 0.441. The molecular weight excluding hydrogens is 446 g/mol. The summed E-state index contributed by atoms with van der Waals surface area (Å²) >= 11 is 0. The van der Waals surface area contributed by atoms with Crippen molar-refractivity contribution in [2.24, 2.45) is 5.10 Å². The number of carboxylic acids is 1. The van der Waals surface area contributed by atoms with Gasteiger partial charge in [0.1, 0.15) is 6.54 Å². The SMILES string of the molecule is CC1=NN(CC(=O)O)C(=O)\C1=C/C(C)=C\C=C1\C=Cc2ccccc2N1CCCS(=O)(=O)O. The number of hydrazone groups is 1. The van der Waals surface area contributed by atoms with Crippen LogP contribution >= 0.6 is 0 Å². The van der Waals surface area contributed by atoms with E-state index in [9.17, 15) is 18.0 Å². The van der Waals surface area contributed by atoms with Gasteiger partial charge in [-0.15, -0.1) is 0 Å². The lowest BCUT2D eigenvalue weighted by Crippen LogP contribution is -2.28. The molecule has 0 saturated heterocycles. The molecule has 0 radical (unpaired) electrons. The Labute approximate surface area is 192 Å². The highest BCUT2D eigenvalue weighted by Gasteiger charge is 2.28. The smallest absolute Gasteiger partial charge is 0.325 e. The number of carbonyl (C=O) groups excluding carboxylic acids is 1. The minimum Gasteiger partial charge on any atom is -0.480 e. The van der Waals surface area contributed by atoms with Crippen molar-refractivity contribution in [2.45, 2.75) is 20.3 Å². The number of rotatable bonds is 8. The monoisotopic (exact) mass is 471 g/mol. The fraction of sp³-hybridized carbons (Fsp3) is 0.261. The molecule has 0 aromatic heterocycles. The molecule has 0 fully saturated rings. The number of allylic oxidation sites excluding steroid dienone is 5. The molecule has 9 nitrogen and oxygen atoms in total. The summed E-state index contributed by atoms with van der Waals surface area (Å²) in [5.41, 5.74) is 4.26. The van der Waals surface area contributed by atoms with Crippen LogP contribution in [-0.4, -0.2) is 59.5 Å². The van der Waals surface area contributed by atoms with Gasteiger partial charge in [0, 0.05) is 17.9 Å². The normalized spacial score (nSPS) is 18.8. The second-order valence-corrected chi connectivity index (χ2v) is 9.26. The highest BCUT2D eigenvalue weighted by atomic mass is 32.2. The number of nitrogens with zero attached hydrogens (tertiary/aromatic N) is 3. The third-order valence-electron chi connectivity index (χ3n) is 5.06. The van der Waals surface area contributed by atoms with Crippen LogP contribution in [0.5, 0.6) is 0 Å². The van der Waals surface area contributed by atoms with Crippen LogP contribution in [0.2, 0.25) is 0 Å². The third-order valence-corrected chi connectivity index (χ3v) is 5.86. The summed E-state index contributed by atoms with van der Waals surface area (Å²) in [7, 11) is -4.05. The molecule has 0 spiro atoms. The lowest BCUT2D eigenvalue weighted by atomic mass is 10.0. The van der Waals surface area contributed by atoms with Crippen molar-refractivity contribution in [1.29, 1.82) is 0 Å². The summed E-state index contributed by atoms with van der Waals surface area (Å²) < 4.78 is 31.3. The van der Waals surface area contributed by atoms with Crippen molar-refractivity contribution in [3.8, 4) is 0 Å². The highest BCUT2D eigenvalue weighted by molar-refractivity contribution is 7.85. The molecule has 174 valence electrons. The molecule has 0 aliphatic carbocycles. The molecule has 2 N–H and O–H groups in total. The minimum atomic E-state index is -4.05. The molecule has 2 aliphatic heterocycles. The van der Waals surface area contributed by atoms with Crippen LogP contribution in [0.1, 0.15) is 25.8 Å². The molecule has 0 bridgehead atoms. The molecular formula is C23H25N3O6S.